The van der Waals surface area contributed by atoms with Crippen molar-refractivity contribution in [2.24, 2.45) is 0 Å². The summed E-state index contributed by atoms with van der Waals surface area (Å²) in [7, 11) is 0. The second-order valence-electron chi connectivity index (χ2n) is 7.37. The van der Waals surface area contributed by atoms with Gasteiger partial charge in [-0.05, 0) is 53.4 Å². The first kappa shape index (κ1) is 23.8. The van der Waals surface area contributed by atoms with Crippen LogP contribution in [0.3, 0.4) is 0 Å². The van der Waals surface area contributed by atoms with Crippen molar-refractivity contribution >= 4 is 23.6 Å². The molecule has 33 heavy (non-hydrogen) atoms. The molecule has 0 atom stereocenters. The monoisotopic (exact) mass is 469 g/mol. The highest BCUT2D eigenvalue weighted by atomic mass is 35.5. The topological polar surface area (TPSA) is 125 Å². The number of benzene rings is 1. The molecule has 0 aliphatic heterocycles. The Morgan fingerprint density at radius 2 is 1.88 bits per heavy atom. The summed E-state index contributed by atoms with van der Waals surface area (Å²) < 4.78 is 1.36. The number of pyridine rings is 2. The molecule has 9 nitrogen and oxygen atoms in total. The Morgan fingerprint density at radius 3 is 2.61 bits per heavy atom. The third-order valence-electron chi connectivity index (χ3n) is 5.01. The molecular weight excluding hydrogens is 446 g/mol. The van der Waals surface area contributed by atoms with Crippen LogP contribution in [0.4, 0.5) is 4.79 Å². The van der Waals surface area contributed by atoms with E-state index in [0.717, 1.165) is 5.56 Å². The number of rotatable bonds is 9. The number of aryl methyl sites for hydroxylation is 1. The molecule has 2 heterocycles. The zero-order valence-electron chi connectivity index (χ0n) is 18.0. The molecule has 3 rings (SSSR count). The second kappa shape index (κ2) is 11.1. The Bertz CT molecular complexity index is 1200. The number of amides is 2. The fourth-order valence-corrected chi connectivity index (χ4v) is 3.40. The minimum atomic E-state index is -1.15. The minimum Gasteiger partial charge on any atom is -0.465 e. The maximum absolute atomic E-state index is 12.9. The second-order valence-corrected chi connectivity index (χ2v) is 7.81. The molecule has 1 aromatic carbocycles. The largest absolute Gasteiger partial charge is 0.465 e. The molecule has 4 N–H and O–H groups in total. The lowest BCUT2D eigenvalue weighted by molar-refractivity contribution is -0.120. The number of aromatic nitrogens is 2. The van der Waals surface area contributed by atoms with Crippen LogP contribution >= 0.6 is 11.6 Å². The van der Waals surface area contributed by atoms with E-state index in [-0.39, 0.29) is 31.0 Å². The first-order chi connectivity index (χ1) is 15.8. The van der Waals surface area contributed by atoms with Crippen LogP contribution in [0.15, 0.2) is 59.8 Å². The summed E-state index contributed by atoms with van der Waals surface area (Å²) in [5.41, 5.74) is 6.11. The van der Waals surface area contributed by atoms with E-state index in [1.54, 1.807) is 49.8 Å². The molecule has 3 aromatic rings. The van der Waals surface area contributed by atoms with E-state index in [1.807, 2.05) is 12.1 Å². The summed E-state index contributed by atoms with van der Waals surface area (Å²) in [5, 5.41) is 14.4. The molecule has 0 spiro atoms. The van der Waals surface area contributed by atoms with E-state index < -0.39 is 6.09 Å². The quantitative estimate of drug-likeness (QED) is 0.381. The van der Waals surface area contributed by atoms with Gasteiger partial charge in [0.1, 0.15) is 0 Å². The van der Waals surface area contributed by atoms with E-state index in [1.165, 1.54) is 4.68 Å². The van der Waals surface area contributed by atoms with E-state index in [4.69, 9.17) is 16.7 Å². The number of hydrogen-bond donors (Lipinski definition) is 4. The standard InChI is InChI=1S/C23H24ClN5O4/c1-15-6-8-29(28-12-16-3-2-7-25-11-16)22(31)20(15)10-21(30)26-14-18-9-19(24)5-4-17(18)13-27-23(32)33/h2-9,11,27-28H,10,12-14H2,1H3,(H,26,30)(H,32,33). The summed E-state index contributed by atoms with van der Waals surface area (Å²) in [6.07, 6.45) is 3.77. The lowest BCUT2D eigenvalue weighted by Gasteiger charge is -2.14. The first-order valence-corrected chi connectivity index (χ1v) is 10.6. The van der Waals surface area contributed by atoms with E-state index in [9.17, 15) is 14.4 Å². The van der Waals surface area contributed by atoms with Gasteiger partial charge in [0.15, 0.2) is 0 Å². The molecule has 2 aromatic heterocycles. The summed E-state index contributed by atoms with van der Waals surface area (Å²) in [6, 6.07) is 10.5. The molecule has 0 fully saturated rings. The van der Waals surface area contributed by atoms with Crippen LogP contribution in [-0.4, -0.2) is 26.8 Å². The molecule has 0 saturated heterocycles. The van der Waals surface area contributed by atoms with Crippen LogP contribution in [-0.2, 0) is 30.8 Å². The maximum atomic E-state index is 12.9. The Labute approximate surface area is 195 Å². The van der Waals surface area contributed by atoms with Gasteiger partial charge in [0.25, 0.3) is 5.56 Å². The third-order valence-corrected chi connectivity index (χ3v) is 5.25. The van der Waals surface area contributed by atoms with Gasteiger partial charge in [-0.2, -0.15) is 0 Å². The van der Waals surface area contributed by atoms with Gasteiger partial charge in [-0.3, -0.25) is 14.6 Å². The van der Waals surface area contributed by atoms with Crippen molar-refractivity contribution in [3.8, 4) is 0 Å². The number of hydrogen-bond acceptors (Lipinski definition) is 5. The average Bonchev–Trinajstić information content (AvgIpc) is 2.80. The van der Waals surface area contributed by atoms with E-state index in [0.29, 0.717) is 33.8 Å². The van der Waals surface area contributed by atoms with E-state index >= 15 is 0 Å². The average molecular weight is 470 g/mol. The number of halogens is 1. The van der Waals surface area contributed by atoms with Crippen LogP contribution in [0, 0.1) is 6.92 Å². The number of nitrogens with zero attached hydrogens (tertiary/aromatic N) is 2. The highest BCUT2D eigenvalue weighted by Crippen LogP contribution is 2.16. The van der Waals surface area contributed by atoms with Crippen molar-refractivity contribution in [3.05, 3.63) is 98.2 Å². The maximum Gasteiger partial charge on any atom is 0.404 e. The third kappa shape index (κ3) is 6.81. The van der Waals surface area contributed by atoms with Gasteiger partial charge in [-0.1, -0.05) is 23.7 Å². The van der Waals surface area contributed by atoms with Gasteiger partial charge in [0.05, 0.1) is 13.0 Å². The predicted octanol–water partition coefficient (Wildman–Crippen LogP) is 2.58. The van der Waals surface area contributed by atoms with Gasteiger partial charge in [0.2, 0.25) is 5.91 Å². The molecule has 0 radical (unpaired) electrons. The van der Waals surface area contributed by atoms with Gasteiger partial charge >= 0.3 is 6.09 Å². The number of carbonyl (C=O) groups excluding carboxylic acids is 1. The lowest BCUT2D eigenvalue weighted by Crippen LogP contribution is -2.34. The van der Waals surface area contributed by atoms with Gasteiger partial charge in [-0.15, -0.1) is 0 Å². The molecule has 172 valence electrons. The highest BCUT2D eigenvalue weighted by molar-refractivity contribution is 6.30. The number of carbonyl (C=O) groups is 2. The Morgan fingerprint density at radius 1 is 1.09 bits per heavy atom. The van der Waals surface area contributed by atoms with Crippen molar-refractivity contribution in [2.75, 3.05) is 5.43 Å². The fraction of sp³-hybridized carbons (Fsp3) is 0.217. The van der Waals surface area contributed by atoms with E-state index in [2.05, 4.69) is 21.0 Å². The van der Waals surface area contributed by atoms with Crippen LogP contribution in [0.25, 0.3) is 0 Å². The Kier molecular flexibility index (Phi) is 8.04. The SMILES string of the molecule is Cc1ccn(NCc2cccnc2)c(=O)c1CC(=O)NCc1cc(Cl)ccc1CNC(=O)O. The van der Waals surface area contributed by atoms with Crippen molar-refractivity contribution in [2.45, 2.75) is 33.0 Å². The molecule has 0 unspecified atom stereocenters. The number of nitrogens with one attached hydrogen (secondary N) is 3. The van der Waals surface area contributed by atoms with Crippen LogP contribution in [0.1, 0.15) is 27.8 Å². The summed E-state index contributed by atoms with van der Waals surface area (Å²) in [5.74, 6) is -0.336. The van der Waals surface area contributed by atoms with Crippen LogP contribution in [0.2, 0.25) is 5.02 Å². The van der Waals surface area contributed by atoms with Gasteiger partial charge < -0.3 is 21.2 Å². The molecule has 0 aliphatic rings. The Balaban J connectivity index is 1.66. The van der Waals surface area contributed by atoms with Gasteiger partial charge in [-0.25, -0.2) is 9.47 Å². The Hall–Kier alpha value is -3.85. The van der Waals surface area contributed by atoms with Gasteiger partial charge in [0, 0.05) is 42.3 Å². The van der Waals surface area contributed by atoms with Crippen LogP contribution < -0.4 is 21.6 Å². The number of carboxylic acid groups (broad SMARTS) is 1. The smallest absolute Gasteiger partial charge is 0.404 e. The molecular formula is C23H24ClN5O4. The lowest BCUT2D eigenvalue weighted by atomic mass is 10.1. The summed E-state index contributed by atoms with van der Waals surface area (Å²) in [4.78, 5) is 40.3. The first-order valence-electron chi connectivity index (χ1n) is 10.2. The van der Waals surface area contributed by atoms with Crippen molar-refractivity contribution in [1.29, 1.82) is 0 Å². The predicted molar refractivity (Wildman–Crippen MR) is 125 cm³/mol. The molecule has 0 aliphatic carbocycles. The summed E-state index contributed by atoms with van der Waals surface area (Å²) in [6.45, 7) is 2.42. The van der Waals surface area contributed by atoms with Crippen molar-refractivity contribution in [3.63, 3.8) is 0 Å². The molecule has 0 saturated carbocycles. The normalized spacial score (nSPS) is 10.5. The highest BCUT2D eigenvalue weighted by Gasteiger charge is 2.13. The van der Waals surface area contributed by atoms with Crippen molar-refractivity contribution in [1.82, 2.24) is 20.3 Å². The fourth-order valence-electron chi connectivity index (χ4n) is 3.21. The van der Waals surface area contributed by atoms with Crippen molar-refractivity contribution < 1.29 is 14.7 Å². The minimum absolute atomic E-state index is 0.0861. The van der Waals surface area contributed by atoms with Crippen LogP contribution in [0.5, 0.6) is 0 Å². The zero-order valence-corrected chi connectivity index (χ0v) is 18.7. The molecule has 0 bridgehead atoms. The molecule has 10 heteroatoms. The molecule has 2 amide bonds. The summed E-state index contributed by atoms with van der Waals surface area (Å²) >= 11 is 6.05. The zero-order chi connectivity index (χ0) is 23.8.